The molecule has 0 unspecified atom stereocenters. The van der Waals surface area contributed by atoms with Gasteiger partial charge in [-0.05, 0) is 30.8 Å². The Bertz CT molecular complexity index is 299. The van der Waals surface area contributed by atoms with Crippen LogP contribution >= 0.6 is 0 Å². The number of anilines is 1. The van der Waals surface area contributed by atoms with Gasteiger partial charge in [-0.25, -0.2) is 0 Å². The molecule has 0 bridgehead atoms. The number of rotatable bonds is 3. The maximum absolute atomic E-state index is 5.41. The summed E-state index contributed by atoms with van der Waals surface area (Å²) >= 11 is 0. The molecule has 70 valence electrons. The first-order valence-corrected chi connectivity index (χ1v) is 4.54. The van der Waals surface area contributed by atoms with E-state index in [0.29, 0.717) is 0 Å². The molecule has 1 heterocycles. The number of hydrogen-bond acceptors (Lipinski definition) is 3. The summed E-state index contributed by atoms with van der Waals surface area (Å²) in [5, 5.41) is 6.30. The number of nitrogens with one attached hydrogen (secondary N) is 2. The third kappa shape index (κ3) is 1.75. The van der Waals surface area contributed by atoms with E-state index in [1.165, 1.54) is 5.56 Å². The molecule has 1 aliphatic heterocycles. The third-order valence-corrected chi connectivity index (χ3v) is 2.16. The lowest BCUT2D eigenvalue weighted by molar-refractivity contribution is 0.357. The van der Waals surface area contributed by atoms with Gasteiger partial charge in [0.05, 0.1) is 13.3 Å². The quantitative estimate of drug-likeness (QED) is 0.682. The number of benzene rings is 1. The summed E-state index contributed by atoms with van der Waals surface area (Å²) in [5.41, 5.74) is 2.46. The van der Waals surface area contributed by atoms with Crippen LogP contribution in [0.2, 0.25) is 0 Å². The average Bonchev–Trinajstić information content (AvgIpc) is 2.61. The average molecular weight is 178 g/mol. The van der Waals surface area contributed by atoms with E-state index in [1.54, 1.807) is 0 Å². The van der Waals surface area contributed by atoms with Crippen LogP contribution in [0.25, 0.3) is 0 Å². The summed E-state index contributed by atoms with van der Waals surface area (Å²) in [4.78, 5) is 0. The molecule has 3 heteroatoms. The molecule has 0 amide bonds. The molecule has 0 aromatic heterocycles. The van der Waals surface area contributed by atoms with Crippen molar-refractivity contribution in [3.8, 4) is 5.75 Å². The molecule has 1 aliphatic rings. The number of hydrogen-bond donors (Lipinski definition) is 2. The van der Waals surface area contributed by atoms with Crippen LogP contribution in [-0.2, 0) is 6.42 Å². The number of ether oxygens (including phenoxy) is 1. The monoisotopic (exact) mass is 178 g/mol. The minimum absolute atomic E-state index is 0.791. The molecule has 0 aliphatic carbocycles. The van der Waals surface area contributed by atoms with Gasteiger partial charge in [-0.15, -0.1) is 0 Å². The van der Waals surface area contributed by atoms with Gasteiger partial charge >= 0.3 is 0 Å². The molecule has 2 N–H and O–H groups in total. The van der Waals surface area contributed by atoms with Gasteiger partial charge in [0.1, 0.15) is 5.75 Å². The number of fused-ring (bicyclic) bond motifs is 1. The molecule has 0 saturated carbocycles. The smallest absolute Gasteiger partial charge is 0.122 e. The lowest BCUT2D eigenvalue weighted by atomic mass is 10.1. The van der Waals surface area contributed by atoms with E-state index >= 15 is 0 Å². The van der Waals surface area contributed by atoms with E-state index in [0.717, 1.165) is 31.1 Å². The van der Waals surface area contributed by atoms with Crippen LogP contribution in [-0.4, -0.2) is 20.3 Å². The first-order valence-electron chi connectivity index (χ1n) is 4.54. The first-order chi connectivity index (χ1) is 6.40. The zero-order chi connectivity index (χ0) is 9.10. The fraction of sp³-hybridized carbons (Fsp3) is 0.400. The second-order valence-corrected chi connectivity index (χ2v) is 3.13. The van der Waals surface area contributed by atoms with Gasteiger partial charge in [0, 0.05) is 12.1 Å². The largest absolute Gasteiger partial charge is 0.493 e. The highest BCUT2D eigenvalue weighted by atomic mass is 16.5. The van der Waals surface area contributed by atoms with Crippen LogP contribution < -0.4 is 15.4 Å². The predicted molar refractivity (Wildman–Crippen MR) is 53.2 cm³/mol. The van der Waals surface area contributed by atoms with E-state index in [4.69, 9.17) is 4.74 Å². The summed E-state index contributed by atoms with van der Waals surface area (Å²) in [6.07, 6.45) is 1.03. The molecule has 0 spiro atoms. The van der Waals surface area contributed by atoms with Crippen LogP contribution in [0.3, 0.4) is 0 Å². The zero-order valence-corrected chi connectivity index (χ0v) is 7.76. The summed E-state index contributed by atoms with van der Waals surface area (Å²) in [7, 11) is 1.92. The second kappa shape index (κ2) is 3.66. The maximum Gasteiger partial charge on any atom is 0.122 e. The van der Waals surface area contributed by atoms with Crippen LogP contribution in [0, 0.1) is 0 Å². The minimum Gasteiger partial charge on any atom is -0.493 e. The molecule has 1 aromatic rings. The molecule has 1 aromatic carbocycles. The van der Waals surface area contributed by atoms with Crippen molar-refractivity contribution in [3.63, 3.8) is 0 Å². The highest BCUT2D eigenvalue weighted by molar-refractivity contribution is 5.52. The molecule has 0 saturated heterocycles. The van der Waals surface area contributed by atoms with Gasteiger partial charge in [0.15, 0.2) is 0 Å². The van der Waals surface area contributed by atoms with Gasteiger partial charge in [-0.3, -0.25) is 0 Å². The third-order valence-electron chi connectivity index (χ3n) is 2.16. The Morgan fingerprint density at radius 2 is 2.38 bits per heavy atom. The van der Waals surface area contributed by atoms with Crippen LogP contribution in [0.5, 0.6) is 5.75 Å². The van der Waals surface area contributed by atoms with E-state index < -0.39 is 0 Å². The maximum atomic E-state index is 5.41. The predicted octanol–water partition coefficient (Wildman–Crippen LogP) is 1.21. The van der Waals surface area contributed by atoms with Gasteiger partial charge < -0.3 is 15.4 Å². The molecule has 0 atom stereocenters. The Hall–Kier alpha value is -1.22. The van der Waals surface area contributed by atoms with Gasteiger partial charge in [-0.1, -0.05) is 0 Å². The van der Waals surface area contributed by atoms with Crippen molar-refractivity contribution in [1.29, 1.82) is 0 Å². The topological polar surface area (TPSA) is 33.3 Å². The Balaban J connectivity index is 2.12. The lowest BCUT2D eigenvalue weighted by Gasteiger charge is -2.06. The lowest BCUT2D eigenvalue weighted by Crippen LogP contribution is -2.16. The van der Waals surface area contributed by atoms with Crippen molar-refractivity contribution in [2.75, 3.05) is 25.6 Å². The zero-order valence-electron chi connectivity index (χ0n) is 7.76. The van der Waals surface area contributed by atoms with Crippen molar-refractivity contribution in [3.05, 3.63) is 23.8 Å². The molecular formula is C10H14N2O. The van der Waals surface area contributed by atoms with Crippen LogP contribution in [0.4, 0.5) is 5.69 Å². The first kappa shape index (κ1) is 8.38. The Kier molecular flexibility index (Phi) is 2.36. The van der Waals surface area contributed by atoms with Crippen LogP contribution in [0.15, 0.2) is 18.2 Å². The van der Waals surface area contributed by atoms with Gasteiger partial charge in [0.25, 0.3) is 0 Å². The van der Waals surface area contributed by atoms with E-state index in [1.807, 2.05) is 19.2 Å². The minimum atomic E-state index is 0.791. The molecule has 0 radical (unpaired) electrons. The Labute approximate surface area is 78.1 Å². The van der Waals surface area contributed by atoms with Crippen LogP contribution in [0.1, 0.15) is 5.56 Å². The highest BCUT2D eigenvalue weighted by Crippen LogP contribution is 2.27. The molecule has 0 fully saturated rings. The standard InChI is InChI=1S/C10H14N2O/c1-11-7-12-9-2-3-10-8(6-9)4-5-13-10/h2-3,6,11-12H,4-5,7H2,1H3. The van der Waals surface area contributed by atoms with Gasteiger partial charge in [-0.2, -0.15) is 0 Å². The molecule has 3 nitrogen and oxygen atoms in total. The SMILES string of the molecule is CNCNc1ccc2c(c1)CCO2. The van der Waals surface area contributed by atoms with Crippen molar-refractivity contribution >= 4 is 5.69 Å². The van der Waals surface area contributed by atoms with E-state index in [2.05, 4.69) is 16.7 Å². The summed E-state index contributed by atoms with van der Waals surface area (Å²) in [6, 6.07) is 6.22. The Morgan fingerprint density at radius 1 is 1.46 bits per heavy atom. The molecular weight excluding hydrogens is 164 g/mol. The summed E-state index contributed by atoms with van der Waals surface area (Å²) < 4.78 is 5.41. The van der Waals surface area contributed by atoms with Crippen molar-refractivity contribution in [2.45, 2.75) is 6.42 Å². The summed E-state index contributed by atoms with van der Waals surface area (Å²) in [5.74, 6) is 1.04. The second-order valence-electron chi connectivity index (χ2n) is 3.13. The van der Waals surface area contributed by atoms with E-state index in [9.17, 15) is 0 Å². The normalized spacial score (nSPS) is 13.6. The van der Waals surface area contributed by atoms with Gasteiger partial charge in [0.2, 0.25) is 0 Å². The molecule has 13 heavy (non-hydrogen) atoms. The fourth-order valence-electron chi connectivity index (χ4n) is 1.49. The van der Waals surface area contributed by atoms with Crippen molar-refractivity contribution in [2.24, 2.45) is 0 Å². The molecule has 2 rings (SSSR count). The fourth-order valence-corrected chi connectivity index (χ4v) is 1.49. The highest BCUT2D eigenvalue weighted by Gasteiger charge is 2.11. The van der Waals surface area contributed by atoms with Crippen molar-refractivity contribution in [1.82, 2.24) is 5.32 Å². The van der Waals surface area contributed by atoms with Crippen molar-refractivity contribution < 1.29 is 4.74 Å². The Morgan fingerprint density at radius 3 is 3.23 bits per heavy atom. The van der Waals surface area contributed by atoms with E-state index in [-0.39, 0.29) is 0 Å². The summed E-state index contributed by atoms with van der Waals surface area (Å²) in [6.45, 7) is 1.62.